The van der Waals surface area contributed by atoms with Gasteiger partial charge in [-0.2, -0.15) is 8.42 Å². The summed E-state index contributed by atoms with van der Waals surface area (Å²) in [6.07, 6.45) is 5.17. The van der Waals surface area contributed by atoms with E-state index in [2.05, 4.69) is 22.0 Å². The minimum atomic E-state index is -4.02. The number of aromatic nitrogens is 1. The van der Waals surface area contributed by atoms with Crippen LogP contribution in [0.15, 0.2) is 83.9 Å². The van der Waals surface area contributed by atoms with E-state index in [1.807, 2.05) is 56.4 Å². The molecule has 0 saturated carbocycles. The molecule has 0 aliphatic carbocycles. The summed E-state index contributed by atoms with van der Waals surface area (Å²) < 4.78 is 36.1. The summed E-state index contributed by atoms with van der Waals surface area (Å²) in [5.74, 6) is -0.914. The van der Waals surface area contributed by atoms with Crippen molar-refractivity contribution in [1.29, 1.82) is 0 Å². The molecule has 0 radical (unpaired) electrons. The second kappa shape index (κ2) is 14.9. The van der Waals surface area contributed by atoms with E-state index in [1.54, 1.807) is 12.1 Å². The molecule has 3 aromatic rings. The second-order valence-electron chi connectivity index (χ2n) is 9.74. The molecule has 1 aliphatic heterocycles. The summed E-state index contributed by atoms with van der Waals surface area (Å²) in [6.45, 7) is 6.53. The Morgan fingerprint density at radius 3 is 2.21 bits per heavy atom. The first-order valence-corrected chi connectivity index (χ1v) is 14.7. The van der Waals surface area contributed by atoms with Gasteiger partial charge in [-0.1, -0.05) is 61.0 Å². The van der Waals surface area contributed by atoms with E-state index in [0.717, 1.165) is 55.7 Å². The Kier molecular flexibility index (Phi) is 11.6. The van der Waals surface area contributed by atoms with Gasteiger partial charge >= 0.3 is 5.97 Å². The van der Waals surface area contributed by atoms with Gasteiger partial charge in [-0.25, -0.2) is 0 Å². The van der Waals surface area contributed by atoms with Crippen molar-refractivity contribution in [3.63, 3.8) is 0 Å². The number of rotatable bonds is 10. The number of hydrogen-bond donors (Lipinski definition) is 2. The SMILES string of the molecule is CCC(CCN1CCC(OC(c2ccccc2)c2ccccn2)CC1)C(=O)O.Cc1ccc(S(=O)(=O)O)cc1. The maximum Gasteiger partial charge on any atom is 0.306 e. The standard InChI is InChI=1S/C23H30N2O3.C7H8O3S/c1-2-18(23(26)27)11-15-25-16-12-20(13-17-25)28-22(19-8-4-3-5-9-19)21-10-6-7-14-24-21;1-6-2-4-7(5-3-6)11(8,9)10/h3-10,14,18,20,22H,2,11-13,15-17H2,1H3,(H,26,27);2-5H,1H3,(H,8,9,10). The molecule has 0 spiro atoms. The normalized spacial score (nSPS) is 16.1. The first kappa shape index (κ1) is 30.4. The van der Waals surface area contributed by atoms with Crippen LogP contribution in [0.3, 0.4) is 0 Å². The number of aliphatic carboxylic acids is 1. The number of hydrogen-bond acceptors (Lipinski definition) is 6. The van der Waals surface area contributed by atoms with Crippen LogP contribution in [0.25, 0.3) is 0 Å². The summed E-state index contributed by atoms with van der Waals surface area (Å²) in [6, 6.07) is 22.2. The average molecular weight is 555 g/mol. The van der Waals surface area contributed by atoms with Crippen LogP contribution in [-0.4, -0.2) is 59.7 Å². The third kappa shape index (κ3) is 9.85. The molecular weight excluding hydrogens is 516 g/mol. The van der Waals surface area contributed by atoms with Crippen molar-refractivity contribution in [3.8, 4) is 0 Å². The van der Waals surface area contributed by atoms with Gasteiger partial charge in [-0.15, -0.1) is 0 Å². The van der Waals surface area contributed by atoms with Gasteiger partial charge in [0.1, 0.15) is 6.10 Å². The maximum atomic E-state index is 11.2. The number of ether oxygens (including phenoxy) is 1. The van der Waals surface area contributed by atoms with Gasteiger partial charge < -0.3 is 14.7 Å². The van der Waals surface area contributed by atoms with Crippen molar-refractivity contribution >= 4 is 16.1 Å². The zero-order valence-corrected chi connectivity index (χ0v) is 23.3. The molecular formula is C30H38N2O6S. The molecule has 9 heteroatoms. The van der Waals surface area contributed by atoms with Crippen LogP contribution in [0.5, 0.6) is 0 Å². The molecule has 1 aliphatic rings. The zero-order chi connectivity index (χ0) is 28.3. The van der Waals surface area contributed by atoms with E-state index >= 15 is 0 Å². The molecule has 1 aromatic heterocycles. The zero-order valence-electron chi connectivity index (χ0n) is 22.5. The van der Waals surface area contributed by atoms with Crippen molar-refractivity contribution in [2.24, 2.45) is 5.92 Å². The average Bonchev–Trinajstić information content (AvgIpc) is 2.94. The lowest BCUT2D eigenvalue weighted by atomic mass is 10.0. The Balaban J connectivity index is 0.000000320. The topological polar surface area (TPSA) is 117 Å². The number of likely N-dealkylation sites (tertiary alicyclic amines) is 1. The monoisotopic (exact) mass is 554 g/mol. The minimum Gasteiger partial charge on any atom is -0.481 e. The Morgan fingerprint density at radius 2 is 1.67 bits per heavy atom. The molecule has 39 heavy (non-hydrogen) atoms. The predicted molar refractivity (Wildman–Crippen MR) is 150 cm³/mol. The van der Waals surface area contributed by atoms with E-state index in [1.165, 1.54) is 12.1 Å². The van der Waals surface area contributed by atoms with Gasteiger partial charge in [-0.3, -0.25) is 14.3 Å². The summed E-state index contributed by atoms with van der Waals surface area (Å²) in [5, 5.41) is 9.22. The van der Waals surface area contributed by atoms with Gasteiger partial charge in [-0.05, 0) is 69.0 Å². The molecule has 4 rings (SSSR count). The number of carbonyl (C=O) groups is 1. The highest BCUT2D eigenvalue weighted by atomic mass is 32.2. The molecule has 2 unspecified atom stereocenters. The summed E-state index contributed by atoms with van der Waals surface area (Å²) in [4.78, 5) is 18.0. The number of nitrogens with zero attached hydrogens (tertiary/aromatic N) is 2. The van der Waals surface area contributed by atoms with Crippen LogP contribution in [0.4, 0.5) is 0 Å². The van der Waals surface area contributed by atoms with Gasteiger partial charge in [0, 0.05) is 19.3 Å². The molecule has 2 heterocycles. The van der Waals surface area contributed by atoms with Crippen molar-refractivity contribution in [1.82, 2.24) is 9.88 Å². The fourth-order valence-electron chi connectivity index (χ4n) is 4.49. The summed E-state index contributed by atoms with van der Waals surface area (Å²) in [7, 11) is -4.02. The number of carboxylic acids is 1. The van der Waals surface area contributed by atoms with Crippen LogP contribution in [0, 0.1) is 12.8 Å². The Bertz CT molecular complexity index is 1210. The van der Waals surface area contributed by atoms with Crippen molar-refractivity contribution in [2.75, 3.05) is 19.6 Å². The Hall–Kier alpha value is -3.11. The van der Waals surface area contributed by atoms with Crippen molar-refractivity contribution in [3.05, 3.63) is 95.8 Å². The van der Waals surface area contributed by atoms with Crippen molar-refractivity contribution in [2.45, 2.75) is 56.6 Å². The fourth-order valence-corrected chi connectivity index (χ4v) is 4.97. The van der Waals surface area contributed by atoms with Crippen molar-refractivity contribution < 1.29 is 27.6 Å². The fraction of sp³-hybridized carbons (Fsp3) is 0.400. The lowest BCUT2D eigenvalue weighted by Crippen LogP contribution is -2.39. The molecule has 1 saturated heterocycles. The first-order valence-electron chi connectivity index (χ1n) is 13.3. The molecule has 8 nitrogen and oxygen atoms in total. The number of aryl methyl sites for hydroxylation is 1. The smallest absolute Gasteiger partial charge is 0.306 e. The largest absolute Gasteiger partial charge is 0.481 e. The minimum absolute atomic E-state index is 0.0666. The van der Waals surface area contributed by atoms with E-state index in [-0.39, 0.29) is 23.0 Å². The van der Waals surface area contributed by atoms with E-state index in [0.29, 0.717) is 6.42 Å². The lowest BCUT2D eigenvalue weighted by molar-refractivity contribution is -0.142. The van der Waals surface area contributed by atoms with Gasteiger partial charge in [0.05, 0.1) is 22.6 Å². The van der Waals surface area contributed by atoms with Crippen LogP contribution in [0.1, 0.15) is 55.5 Å². The Labute approximate surface area is 231 Å². The molecule has 0 amide bonds. The molecule has 1 fully saturated rings. The highest BCUT2D eigenvalue weighted by molar-refractivity contribution is 7.85. The van der Waals surface area contributed by atoms with Gasteiger partial charge in [0.2, 0.25) is 0 Å². The van der Waals surface area contributed by atoms with Gasteiger partial charge in [0.15, 0.2) is 0 Å². The van der Waals surface area contributed by atoms with Crippen LogP contribution >= 0.6 is 0 Å². The van der Waals surface area contributed by atoms with E-state index in [9.17, 15) is 18.3 Å². The molecule has 2 aromatic carbocycles. The quantitative estimate of drug-likeness (QED) is 0.320. The highest BCUT2D eigenvalue weighted by Crippen LogP contribution is 2.29. The summed E-state index contributed by atoms with van der Waals surface area (Å²) >= 11 is 0. The number of benzene rings is 2. The number of carboxylic acid groups (broad SMARTS) is 1. The van der Waals surface area contributed by atoms with E-state index < -0.39 is 16.1 Å². The van der Waals surface area contributed by atoms with E-state index in [4.69, 9.17) is 9.29 Å². The molecule has 2 atom stereocenters. The molecule has 210 valence electrons. The third-order valence-corrected chi connectivity index (χ3v) is 7.74. The molecule has 0 bridgehead atoms. The third-order valence-electron chi connectivity index (χ3n) is 6.88. The maximum absolute atomic E-state index is 11.2. The van der Waals surface area contributed by atoms with Crippen LogP contribution in [0.2, 0.25) is 0 Å². The van der Waals surface area contributed by atoms with Crippen LogP contribution in [-0.2, 0) is 19.6 Å². The Morgan fingerprint density at radius 1 is 1.03 bits per heavy atom. The number of piperidine rings is 1. The highest BCUT2D eigenvalue weighted by Gasteiger charge is 2.26. The second-order valence-corrected chi connectivity index (χ2v) is 11.2. The molecule has 2 N–H and O–H groups in total. The number of pyridine rings is 1. The van der Waals surface area contributed by atoms with Crippen LogP contribution < -0.4 is 0 Å². The van der Waals surface area contributed by atoms with Gasteiger partial charge in [0.25, 0.3) is 10.1 Å². The summed E-state index contributed by atoms with van der Waals surface area (Å²) in [5.41, 5.74) is 3.01. The first-order chi connectivity index (χ1) is 18.7. The predicted octanol–water partition coefficient (Wildman–Crippen LogP) is 5.39. The lowest BCUT2D eigenvalue weighted by Gasteiger charge is -2.34.